The van der Waals surface area contributed by atoms with Crippen LogP contribution in [0, 0.1) is 26.2 Å². The molecule has 0 atom stereocenters. The number of carbonyl (C=O) groups is 1. The summed E-state index contributed by atoms with van der Waals surface area (Å²) in [5, 5.41) is 4.18. The maximum Gasteiger partial charge on any atom is 0.259 e. The Hall–Kier alpha value is -3.27. The van der Waals surface area contributed by atoms with E-state index in [-0.39, 0.29) is 12.5 Å². The van der Waals surface area contributed by atoms with Crippen molar-refractivity contribution in [2.45, 2.75) is 46.5 Å². The fourth-order valence-corrected chi connectivity index (χ4v) is 5.93. The molecule has 0 spiro atoms. The van der Waals surface area contributed by atoms with Crippen molar-refractivity contribution in [3.8, 4) is 23.8 Å². The summed E-state index contributed by atoms with van der Waals surface area (Å²) in [4.78, 5) is 19.5. The van der Waals surface area contributed by atoms with Crippen LogP contribution in [-0.2, 0) is 12.8 Å². The zero-order valence-electron chi connectivity index (χ0n) is 20.7. The van der Waals surface area contributed by atoms with Crippen LogP contribution in [0.25, 0.3) is 0 Å². The second kappa shape index (κ2) is 11.6. The van der Waals surface area contributed by atoms with E-state index in [9.17, 15) is 4.79 Å². The third-order valence-corrected chi connectivity index (χ3v) is 7.30. The van der Waals surface area contributed by atoms with Gasteiger partial charge in [0.15, 0.2) is 11.5 Å². The molecular weight excluding hydrogens is 492 g/mol. The van der Waals surface area contributed by atoms with Crippen LogP contribution >= 0.6 is 22.9 Å². The van der Waals surface area contributed by atoms with Crippen molar-refractivity contribution in [1.82, 2.24) is 0 Å². The van der Waals surface area contributed by atoms with E-state index in [1.165, 1.54) is 4.88 Å². The molecule has 7 heteroatoms. The van der Waals surface area contributed by atoms with Gasteiger partial charge in [-0.25, -0.2) is 4.99 Å². The summed E-state index contributed by atoms with van der Waals surface area (Å²) in [6.45, 7) is 6.47. The number of nitrogens with one attached hydrogen (secondary N) is 1. The number of fused-ring (bicyclic) bond motifs is 1. The molecule has 0 saturated heterocycles. The Morgan fingerprint density at radius 2 is 1.92 bits per heavy atom. The molecule has 2 aromatic carbocycles. The lowest BCUT2D eigenvalue weighted by atomic mass is 9.95. The minimum absolute atomic E-state index is 0.0902. The number of halogens is 1. The number of ether oxygens (including phenoxy) is 2. The first-order valence-electron chi connectivity index (χ1n) is 12.0. The molecule has 0 bridgehead atoms. The van der Waals surface area contributed by atoms with Crippen molar-refractivity contribution in [2.24, 2.45) is 4.99 Å². The van der Waals surface area contributed by atoms with Gasteiger partial charge in [0.05, 0.1) is 17.2 Å². The molecule has 0 unspecified atom stereocenters. The smallest absolute Gasteiger partial charge is 0.259 e. The molecule has 0 fully saturated rings. The number of benzene rings is 2. The highest BCUT2D eigenvalue weighted by Gasteiger charge is 2.25. The summed E-state index contributed by atoms with van der Waals surface area (Å²) in [6.07, 6.45) is 11.1. The normalized spacial score (nSPS) is 12.8. The Labute approximate surface area is 221 Å². The van der Waals surface area contributed by atoms with Gasteiger partial charge in [-0.2, -0.15) is 0 Å². The highest BCUT2D eigenvalue weighted by atomic mass is 35.5. The van der Waals surface area contributed by atoms with E-state index in [1.54, 1.807) is 23.6 Å². The van der Waals surface area contributed by atoms with Gasteiger partial charge in [-0.1, -0.05) is 23.6 Å². The highest BCUT2D eigenvalue weighted by molar-refractivity contribution is 7.16. The molecular formula is C29H29ClN2O3S. The fraction of sp³-hybridized carbons (Fsp3) is 0.310. The molecule has 1 aliphatic carbocycles. The van der Waals surface area contributed by atoms with Crippen LogP contribution in [0.15, 0.2) is 35.3 Å². The summed E-state index contributed by atoms with van der Waals surface area (Å²) in [5.74, 6) is 3.22. The van der Waals surface area contributed by atoms with Gasteiger partial charge >= 0.3 is 0 Å². The third kappa shape index (κ3) is 5.92. The molecule has 1 aromatic heterocycles. The monoisotopic (exact) mass is 520 g/mol. The van der Waals surface area contributed by atoms with Crippen molar-refractivity contribution < 1.29 is 14.3 Å². The summed E-state index contributed by atoms with van der Waals surface area (Å²) < 4.78 is 11.3. The van der Waals surface area contributed by atoms with Crippen LogP contribution in [0.1, 0.15) is 57.3 Å². The molecule has 1 N–H and O–H groups in total. The average Bonchev–Trinajstić information content (AvgIpc) is 3.20. The van der Waals surface area contributed by atoms with Crippen LogP contribution in [0.3, 0.4) is 0 Å². The van der Waals surface area contributed by atoms with Gasteiger partial charge in [0.25, 0.3) is 5.91 Å². The number of amides is 1. The Balaban J connectivity index is 1.68. The number of rotatable bonds is 8. The molecule has 5 nitrogen and oxygen atoms in total. The first-order valence-corrected chi connectivity index (χ1v) is 13.2. The Morgan fingerprint density at radius 3 is 2.64 bits per heavy atom. The molecule has 3 aromatic rings. The number of aryl methyl sites for hydroxylation is 3. The van der Waals surface area contributed by atoms with Crippen LogP contribution in [0.5, 0.6) is 11.5 Å². The van der Waals surface area contributed by atoms with Gasteiger partial charge in [0, 0.05) is 16.8 Å². The Bertz CT molecular complexity index is 1330. The number of hydrogen-bond donors (Lipinski definition) is 1. The van der Waals surface area contributed by atoms with E-state index in [4.69, 9.17) is 32.5 Å². The number of terminal acetylenes is 1. The molecule has 0 saturated carbocycles. The van der Waals surface area contributed by atoms with Gasteiger partial charge in [-0.15, -0.1) is 17.8 Å². The first-order chi connectivity index (χ1) is 17.4. The Kier molecular flexibility index (Phi) is 8.35. The van der Waals surface area contributed by atoms with Crippen molar-refractivity contribution in [2.75, 3.05) is 18.5 Å². The number of thiophene rings is 1. The van der Waals surface area contributed by atoms with Crippen molar-refractivity contribution in [1.29, 1.82) is 0 Å². The number of nitrogens with zero attached hydrogens (tertiary/aromatic N) is 1. The van der Waals surface area contributed by atoms with Crippen molar-refractivity contribution >= 4 is 45.7 Å². The lowest BCUT2D eigenvalue weighted by molar-refractivity contribution is 0.102. The average molecular weight is 521 g/mol. The van der Waals surface area contributed by atoms with Gasteiger partial charge < -0.3 is 14.8 Å². The second-order valence-corrected chi connectivity index (χ2v) is 10.2. The fourth-order valence-electron chi connectivity index (χ4n) is 4.43. The molecule has 1 heterocycles. The summed E-state index contributed by atoms with van der Waals surface area (Å²) in [7, 11) is 0. The minimum Gasteiger partial charge on any atom is -0.490 e. The van der Waals surface area contributed by atoms with Crippen LogP contribution in [0.4, 0.5) is 10.7 Å². The van der Waals surface area contributed by atoms with Crippen molar-refractivity contribution in [3.63, 3.8) is 0 Å². The summed E-state index contributed by atoms with van der Waals surface area (Å²) in [6, 6.07) is 9.61. The zero-order chi connectivity index (χ0) is 25.7. The number of carbonyl (C=O) groups excluding carboxylic acids is 1. The van der Waals surface area contributed by atoms with E-state index in [0.29, 0.717) is 33.7 Å². The van der Waals surface area contributed by atoms with Crippen molar-refractivity contribution in [3.05, 3.63) is 68.0 Å². The molecule has 1 amide bonds. The maximum atomic E-state index is 13.5. The lowest BCUT2D eigenvalue weighted by Gasteiger charge is -2.13. The van der Waals surface area contributed by atoms with E-state index in [2.05, 4.69) is 17.3 Å². The van der Waals surface area contributed by atoms with E-state index < -0.39 is 0 Å². The number of anilines is 1. The van der Waals surface area contributed by atoms with Gasteiger partial charge in [-0.05, 0) is 93.0 Å². The van der Waals surface area contributed by atoms with Gasteiger partial charge in [-0.3, -0.25) is 4.79 Å². The molecule has 1 aliphatic rings. The molecule has 0 radical (unpaired) electrons. The van der Waals surface area contributed by atoms with Gasteiger partial charge in [0.2, 0.25) is 0 Å². The second-order valence-electron chi connectivity index (χ2n) is 8.74. The lowest BCUT2D eigenvalue weighted by Crippen LogP contribution is -2.15. The van der Waals surface area contributed by atoms with Gasteiger partial charge in [0.1, 0.15) is 11.6 Å². The Morgan fingerprint density at radius 1 is 1.17 bits per heavy atom. The molecule has 186 valence electrons. The predicted molar refractivity (Wildman–Crippen MR) is 149 cm³/mol. The predicted octanol–water partition coefficient (Wildman–Crippen LogP) is 7.31. The molecule has 4 rings (SSSR count). The standard InChI is InChI=1S/C29H29ClN2O3S/c1-5-11-35-27-23(30)15-20(16-24(27)34-6-2)17-31-29-26(22-9-7-8-10-25(22)36-29)28(33)32-21-13-18(3)12-19(4)14-21/h1,12-17H,6-11H2,2-4H3,(H,32,33). The third-order valence-electron chi connectivity index (χ3n) is 5.82. The topological polar surface area (TPSA) is 59.9 Å². The van der Waals surface area contributed by atoms with Crippen LogP contribution < -0.4 is 14.8 Å². The van der Waals surface area contributed by atoms with E-state index in [0.717, 1.165) is 53.6 Å². The maximum absolute atomic E-state index is 13.5. The number of hydrogen-bond acceptors (Lipinski definition) is 5. The van der Waals surface area contributed by atoms with Crippen LogP contribution in [-0.4, -0.2) is 25.3 Å². The quantitative estimate of drug-likeness (QED) is 0.250. The van der Waals surface area contributed by atoms with Crippen LogP contribution in [0.2, 0.25) is 5.02 Å². The summed E-state index contributed by atoms with van der Waals surface area (Å²) in [5.41, 5.74) is 5.52. The highest BCUT2D eigenvalue weighted by Crippen LogP contribution is 2.41. The first kappa shape index (κ1) is 25.8. The molecule has 0 aliphatic heterocycles. The van der Waals surface area contributed by atoms with E-state index in [1.807, 2.05) is 39.0 Å². The molecule has 36 heavy (non-hydrogen) atoms. The summed E-state index contributed by atoms with van der Waals surface area (Å²) >= 11 is 8.06. The number of aliphatic imine (C=N–C) groups is 1. The SMILES string of the molecule is C#CCOc1c(Cl)cc(C=Nc2sc3c(c2C(=O)Nc2cc(C)cc(C)c2)CCCC3)cc1OCC. The largest absolute Gasteiger partial charge is 0.490 e. The zero-order valence-corrected chi connectivity index (χ0v) is 22.3. The minimum atomic E-state index is -0.127. The van der Waals surface area contributed by atoms with E-state index >= 15 is 0 Å².